The van der Waals surface area contributed by atoms with Crippen LogP contribution in [-0.4, -0.2) is 11.9 Å². The Kier molecular flexibility index (Phi) is 3.78. The van der Waals surface area contributed by atoms with Gasteiger partial charge in [0.1, 0.15) is 11.5 Å². The van der Waals surface area contributed by atoms with E-state index in [-0.39, 0.29) is 5.70 Å². The van der Waals surface area contributed by atoms with Crippen LogP contribution in [0, 0.1) is 6.92 Å². The van der Waals surface area contributed by atoms with Gasteiger partial charge < -0.3 is 9.15 Å². The van der Waals surface area contributed by atoms with Crippen molar-refractivity contribution in [3.63, 3.8) is 0 Å². The van der Waals surface area contributed by atoms with Crippen LogP contribution in [0.1, 0.15) is 17.1 Å². The molecule has 0 unspecified atom stereocenters. The van der Waals surface area contributed by atoms with Crippen LogP contribution in [0.4, 0.5) is 0 Å². The third-order valence-corrected chi connectivity index (χ3v) is 3.90. The molecule has 0 radical (unpaired) electrons. The van der Waals surface area contributed by atoms with Crippen LogP contribution in [-0.2, 0) is 9.53 Å². The number of hydrogen-bond acceptors (Lipinski definition) is 4. The number of aryl methyl sites for hydroxylation is 1. The number of ether oxygens (including phenoxy) is 1. The van der Waals surface area contributed by atoms with E-state index in [9.17, 15) is 4.79 Å². The molecule has 0 saturated carbocycles. The second-order valence-electron chi connectivity index (χ2n) is 5.73. The third-order valence-electron chi connectivity index (χ3n) is 3.90. The van der Waals surface area contributed by atoms with Crippen molar-refractivity contribution in [2.75, 3.05) is 0 Å². The van der Waals surface area contributed by atoms with Crippen molar-refractivity contribution >= 4 is 17.9 Å². The normalized spacial score (nSPS) is 15.3. The van der Waals surface area contributed by atoms with E-state index < -0.39 is 5.97 Å². The van der Waals surface area contributed by atoms with Crippen molar-refractivity contribution in [2.24, 2.45) is 4.99 Å². The van der Waals surface area contributed by atoms with Crippen molar-refractivity contribution in [3.05, 3.63) is 89.5 Å². The SMILES string of the molecule is Cc1ccc(C=C2N=C(c3ccc(-c4ccccc4)cc3)OC2=O)o1. The maximum atomic E-state index is 12.0. The van der Waals surface area contributed by atoms with Gasteiger partial charge in [0.25, 0.3) is 0 Å². The molecule has 4 heteroatoms. The summed E-state index contributed by atoms with van der Waals surface area (Å²) in [6.07, 6.45) is 1.58. The molecule has 0 amide bonds. The van der Waals surface area contributed by atoms with Crippen LogP contribution in [0.5, 0.6) is 0 Å². The fourth-order valence-electron chi connectivity index (χ4n) is 2.63. The van der Waals surface area contributed by atoms with Crippen LogP contribution < -0.4 is 0 Å². The molecule has 2 heterocycles. The Morgan fingerprint density at radius 1 is 0.840 bits per heavy atom. The minimum absolute atomic E-state index is 0.233. The monoisotopic (exact) mass is 329 g/mol. The van der Waals surface area contributed by atoms with E-state index >= 15 is 0 Å². The number of carbonyl (C=O) groups excluding carboxylic acids is 1. The van der Waals surface area contributed by atoms with E-state index in [1.165, 1.54) is 0 Å². The van der Waals surface area contributed by atoms with Crippen molar-refractivity contribution in [1.29, 1.82) is 0 Å². The number of furan rings is 1. The maximum Gasteiger partial charge on any atom is 0.363 e. The highest BCUT2D eigenvalue weighted by Gasteiger charge is 2.24. The van der Waals surface area contributed by atoms with Crippen LogP contribution in [0.2, 0.25) is 0 Å². The molecule has 1 aliphatic rings. The van der Waals surface area contributed by atoms with Gasteiger partial charge in [-0.2, -0.15) is 0 Å². The zero-order chi connectivity index (χ0) is 17.2. The van der Waals surface area contributed by atoms with Crippen LogP contribution in [0.15, 0.2) is 81.8 Å². The Morgan fingerprint density at radius 3 is 2.20 bits per heavy atom. The lowest BCUT2D eigenvalue weighted by atomic mass is 10.0. The fourth-order valence-corrected chi connectivity index (χ4v) is 2.63. The lowest BCUT2D eigenvalue weighted by Crippen LogP contribution is -2.05. The average molecular weight is 329 g/mol. The summed E-state index contributed by atoms with van der Waals surface area (Å²) in [6, 6.07) is 21.5. The number of benzene rings is 2. The van der Waals surface area contributed by atoms with Gasteiger partial charge in [0.05, 0.1) is 0 Å². The van der Waals surface area contributed by atoms with Crippen molar-refractivity contribution in [2.45, 2.75) is 6.92 Å². The van der Waals surface area contributed by atoms with Crippen LogP contribution in [0.3, 0.4) is 0 Å². The number of hydrogen-bond donors (Lipinski definition) is 0. The molecule has 3 aromatic rings. The quantitative estimate of drug-likeness (QED) is 0.521. The first-order valence-electron chi connectivity index (χ1n) is 7.94. The second kappa shape index (κ2) is 6.24. The molecule has 1 aromatic heterocycles. The lowest BCUT2D eigenvalue weighted by Gasteiger charge is -2.03. The highest BCUT2D eigenvalue weighted by Crippen LogP contribution is 2.23. The van der Waals surface area contributed by atoms with Gasteiger partial charge in [0.15, 0.2) is 5.70 Å². The van der Waals surface area contributed by atoms with Gasteiger partial charge >= 0.3 is 5.97 Å². The van der Waals surface area contributed by atoms with E-state index in [1.54, 1.807) is 12.1 Å². The number of aliphatic imine (C=N–C) groups is 1. The number of cyclic esters (lactones) is 1. The summed E-state index contributed by atoms with van der Waals surface area (Å²) in [6.45, 7) is 1.85. The smallest absolute Gasteiger partial charge is 0.363 e. The molecular formula is C21H15NO3. The molecule has 2 aromatic carbocycles. The Morgan fingerprint density at radius 2 is 1.52 bits per heavy atom. The molecule has 0 atom stereocenters. The molecule has 0 bridgehead atoms. The molecule has 0 fully saturated rings. The first kappa shape index (κ1) is 15.1. The standard InChI is InChI=1S/C21H15NO3/c1-14-7-12-18(24-14)13-19-21(23)25-20(22-19)17-10-8-16(9-11-17)15-5-3-2-4-6-15/h2-13H,1H3. The number of nitrogens with zero attached hydrogens (tertiary/aromatic N) is 1. The van der Waals surface area contributed by atoms with E-state index in [0.717, 1.165) is 22.5 Å². The van der Waals surface area contributed by atoms with Gasteiger partial charge in [-0.1, -0.05) is 42.5 Å². The minimum Gasteiger partial charge on any atom is -0.462 e. The molecular weight excluding hydrogens is 314 g/mol. The molecule has 4 nitrogen and oxygen atoms in total. The van der Waals surface area contributed by atoms with Crippen LogP contribution >= 0.6 is 0 Å². The second-order valence-corrected chi connectivity index (χ2v) is 5.73. The van der Waals surface area contributed by atoms with Gasteiger partial charge in [-0.25, -0.2) is 9.79 Å². The molecule has 0 spiro atoms. The highest BCUT2D eigenvalue weighted by atomic mass is 16.6. The van der Waals surface area contributed by atoms with Crippen molar-refractivity contribution < 1.29 is 13.9 Å². The summed E-state index contributed by atoms with van der Waals surface area (Å²) in [5.74, 6) is 1.18. The summed E-state index contributed by atoms with van der Waals surface area (Å²) in [5, 5.41) is 0. The van der Waals surface area contributed by atoms with Gasteiger partial charge in [-0.15, -0.1) is 0 Å². The summed E-state index contributed by atoms with van der Waals surface area (Å²) >= 11 is 0. The molecule has 25 heavy (non-hydrogen) atoms. The first-order valence-corrected chi connectivity index (χ1v) is 7.94. The fraction of sp³-hybridized carbons (Fsp3) is 0.0476. The van der Waals surface area contributed by atoms with Gasteiger partial charge in [0.2, 0.25) is 5.90 Å². The molecule has 122 valence electrons. The molecule has 0 N–H and O–H groups in total. The molecule has 4 rings (SSSR count). The predicted molar refractivity (Wildman–Crippen MR) is 95.9 cm³/mol. The summed E-state index contributed by atoms with van der Waals surface area (Å²) in [5.41, 5.74) is 3.22. The van der Waals surface area contributed by atoms with E-state index in [0.29, 0.717) is 11.7 Å². The predicted octanol–water partition coefficient (Wildman–Crippen LogP) is 4.60. The van der Waals surface area contributed by atoms with E-state index in [4.69, 9.17) is 9.15 Å². The van der Waals surface area contributed by atoms with Gasteiger partial charge in [-0.3, -0.25) is 0 Å². The average Bonchev–Trinajstić information content (AvgIpc) is 3.22. The maximum absolute atomic E-state index is 12.0. The largest absolute Gasteiger partial charge is 0.462 e. The minimum atomic E-state index is -0.476. The van der Waals surface area contributed by atoms with Gasteiger partial charge in [-0.05, 0) is 42.3 Å². The first-order chi connectivity index (χ1) is 12.2. The Bertz CT molecular complexity index is 979. The topological polar surface area (TPSA) is 51.8 Å². The number of rotatable bonds is 3. The van der Waals surface area contributed by atoms with E-state index in [1.807, 2.05) is 67.6 Å². The Hall–Kier alpha value is -3.40. The third kappa shape index (κ3) is 3.15. The summed E-state index contributed by atoms with van der Waals surface area (Å²) in [7, 11) is 0. The Balaban J connectivity index is 1.61. The molecule has 0 aliphatic carbocycles. The highest BCUT2D eigenvalue weighted by molar-refractivity contribution is 6.12. The summed E-state index contributed by atoms with van der Waals surface area (Å²) < 4.78 is 10.7. The van der Waals surface area contributed by atoms with Crippen molar-refractivity contribution in [1.82, 2.24) is 0 Å². The Labute approximate surface area is 145 Å². The summed E-state index contributed by atoms with van der Waals surface area (Å²) in [4.78, 5) is 16.3. The molecule has 1 aliphatic heterocycles. The zero-order valence-electron chi connectivity index (χ0n) is 13.6. The molecule has 0 saturated heterocycles. The van der Waals surface area contributed by atoms with E-state index in [2.05, 4.69) is 4.99 Å². The number of esters is 1. The van der Waals surface area contributed by atoms with Crippen molar-refractivity contribution in [3.8, 4) is 11.1 Å². The van der Waals surface area contributed by atoms with Crippen LogP contribution in [0.25, 0.3) is 17.2 Å². The number of carbonyl (C=O) groups is 1. The zero-order valence-corrected chi connectivity index (χ0v) is 13.6. The lowest BCUT2D eigenvalue weighted by molar-refractivity contribution is -0.129. The van der Waals surface area contributed by atoms with Gasteiger partial charge in [0, 0.05) is 11.6 Å².